The maximum Gasteiger partial charge on any atom is 0.373 e. The summed E-state index contributed by atoms with van der Waals surface area (Å²) in [5.74, 6) is -1.23. The van der Waals surface area contributed by atoms with Crippen LogP contribution in [0, 0.1) is 5.92 Å². The molecule has 106 valence electrons. The SMILES string of the molecule is CC(C)C(NS(=O)(=O)F)C(=O)OCc1ccccc1. The molecule has 0 radical (unpaired) electrons. The van der Waals surface area contributed by atoms with E-state index >= 15 is 0 Å². The average Bonchev–Trinajstić information content (AvgIpc) is 2.33. The van der Waals surface area contributed by atoms with E-state index in [0.717, 1.165) is 5.56 Å². The van der Waals surface area contributed by atoms with Crippen molar-refractivity contribution in [3.05, 3.63) is 35.9 Å². The first-order valence-corrected chi connectivity index (χ1v) is 7.10. The number of hydrogen-bond acceptors (Lipinski definition) is 4. The third-order valence-electron chi connectivity index (χ3n) is 2.41. The van der Waals surface area contributed by atoms with Crippen molar-refractivity contribution in [2.45, 2.75) is 26.5 Å². The number of ether oxygens (including phenoxy) is 1. The molecule has 0 saturated heterocycles. The molecule has 1 aromatic rings. The summed E-state index contributed by atoms with van der Waals surface area (Å²) >= 11 is 0. The van der Waals surface area contributed by atoms with Crippen molar-refractivity contribution in [2.75, 3.05) is 0 Å². The molecule has 5 nitrogen and oxygen atoms in total. The van der Waals surface area contributed by atoms with Gasteiger partial charge < -0.3 is 4.74 Å². The van der Waals surface area contributed by atoms with Gasteiger partial charge in [0, 0.05) is 0 Å². The molecule has 0 fully saturated rings. The topological polar surface area (TPSA) is 72.5 Å². The van der Waals surface area contributed by atoms with E-state index in [9.17, 15) is 17.1 Å². The first-order chi connectivity index (χ1) is 8.79. The number of hydrogen-bond donors (Lipinski definition) is 1. The Balaban J connectivity index is 2.63. The molecule has 0 amide bonds. The third-order valence-corrected chi connectivity index (χ3v) is 2.95. The van der Waals surface area contributed by atoms with Crippen molar-refractivity contribution in [3.8, 4) is 0 Å². The van der Waals surface area contributed by atoms with Crippen LogP contribution in [0.2, 0.25) is 0 Å². The standard InChI is InChI=1S/C12H16FNO4S/c1-9(2)11(14-19(13,16)17)12(15)18-8-10-6-4-3-5-7-10/h3-7,9,11,14H,8H2,1-2H3. The summed E-state index contributed by atoms with van der Waals surface area (Å²) in [5.41, 5.74) is 0.765. The van der Waals surface area contributed by atoms with Gasteiger partial charge in [-0.3, -0.25) is 4.79 Å². The summed E-state index contributed by atoms with van der Waals surface area (Å²) in [5, 5.41) is 0. The normalized spacial score (nSPS) is 13.3. The van der Waals surface area contributed by atoms with Crippen LogP contribution in [-0.2, 0) is 26.5 Å². The number of carbonyl (C=O) groups excluding carboxylic acids is 1. The van der Waals surface area contributed by atoms with Gasteiger partial charge >= 0.3 is 16.4 Å². The largest absolute Gasteiger partial charge is 0.460 e. The molecule has 0 aliphatic rings. The fourth-order valence-electron chi connectivity index (χ4n) is 1.43. The second-order valence-corrected chi connectivity index (χ2v) is 5.48. The van der Waals surface area contributed by atoms with E-state index in [4.69, 9.17) is 4.74 Å². The molecule has 0 saturated carbocycles. The zero-order chi connectivity index (χ0) is 14.5. The summed E-state index contributed by atoms with van der Waals surface area (Å²) in [7, 11) is -4.95. The fourth-order valence-corrected chi connectivity index (χ4v) is 2.10. The van der Waals surface area contributed by atoms with Gasteiger partial charge in [0.05, 0.1) is 0 Å². The molecule has 1 rings (SSSR count). The quantitative estimate of drug-likeness (QED) is 0.637. The van der Waals surface area contributed by atoms with Crippen LogP contribution in [0.1, 0.15) is 19.4 Å². The Morgan fingerprint density at radius 1 is 1.32 bits per heavy atom. The Morgan fingerprint density at radius 2 is 1.89 bits per heavy atom. The molecule has 1 atom stereocenters. The van der Waals surface area contributed by atoms with Crippen molar-refractivity contribution in [2.24, 2.45) is 5.92 Å². The molecule has 1 unspecified atom stereocenters. The Bertz CT molecular complexity index is 516. The Morgan fingerprint density at radius 3 is 2.37 bits per heavy atom. The summed E-state index contributed by atoms with van der Waals surface area (Å²) in [6.07, 6.45) is 0. The van der Waals surface area contributed by atoms with E-state index in [1.54, 1.807) is 42.8 Å². The van der Waals surface area contributed by atoms with E-state index in [1.165, 1.54) is 0 Å². The van der Waals surface area contributed by atoms with E-state index in [1.807, 2.05) is 6.07 Å². The van der Waals surface area contributed by atoms with Crippen LogP contribution in [0.4, 0.5) is 3.89 Å². The lowest BCUT2D eigenvalue weighted by Crippen LogP contribution is -2.43. The van der Waals surface area contributed by atoms with Gasteiger partial charge in [0.2, 0.25) is 0 Å². The minimum atomic E-state index is -4.95. The molecule has 0 aliphatic heterocycles. The first-order valence-electron chi connectivity index (χ1n) is 5.72. The van der Waals surface area contributed by atoms with Crippen molar-refractivity contribution in [1.29, 1.82) is 0 Å². The highest BCUT2D eigenvalue weighted by Gasteiger charge is 2.28. The summed E-state index contributed by atoms with van der Waals surface area (Å²) in [6, 6.07) is 7.67. The minimum Gasteiger partial charge on any atom is -0.460 e. The van der Waals surface area contributed by atoms with Gasteiger partial charge in [0.1, 0.15) is 12.6 Å². The molecule has 0 heterocycles. The highest BCUT2D eigenvalue weighted by Crippen LogP contribution is 2.08. The predicted octanol–water partition coefficient (Wildman–Crippen LogP) is 1.56. The highest BCUT2D eigenvalue weighted by atomic mass is 32.3. The van der Waals surface area contributed by atoms with E-state index in [0.29, 0.717) is 0 Å². The second-order valence-electron chi connectivity index (χ2n) is 4.37. The Kier molecular flexibility index (Phi) is 5.44. The van der Waals surface area contributed by atoms with Gasteiger partial charge in [0.15, 0.2) is 0 Å². The molecular formula is C12H16FNO4S. The summed E-state index contributed by atoms with van der Waals surface area (Å²) in [4.78, 5) is 11.7. The van der Waals surface area contributed by atoms with Crippen LogP contribution in [0.25, 0.3) is 0 Å². The number of esters is 1. The third kappa shape index (κ3) is 5.80. The molecule has 7 heteroatoms. The zero-order valence-corrected chi connectivity index (χ0v) is 11.5. The minimum absolute atomic E-state index is 0.0108. The average molecular weight is 289 g/mol. The highest BCUT2D eigenvalue weighted by molar-refractivity contribution is 7.84. The number of rotatable bonds is 6. The van der Waals surface area contributed by atoms with Crippen LogP contribution >= 0.6 is 0 Å². The van der Waals surface area contributed by atoms with Crippen molar-refractivity contribution in [1.82, 2.24) is 4.72 Å². The molecule has 19 heavy (non-hydrogen) atoms. The van der Waals surface area contributed by atoms with Crippen LogP contribution in [0.15, 0.2) is 30.3 Å². The van der Waals surface area contributed by atoms with Crippen LogP contribution < -0.4 is 4.72 Å². The molecule has 0 spiro atoms. The molecule has 1 aromatic carbocycles. The number of halogens is 1. The first kappa shape index (κ1) is 15.6. The second kappa shape index (κ2) is 6.63. The molecule has 0 bridgehead atoms. The lowest BCUT2D eigenvalue weighted by Gasteiger charge is -2.18. The van der Waals surface area contributed by atoms with Gasteiger partial charge in [-0.2, -0.15) is 13.1 Å². The maximum absolute atomic E-state index is 12.6. The lowest BCUT2D eigenvalue weighted by atomic mass is 10.1. The van der Waals surface area contributed by atoms with Gasteiger partial charge in [-0.05, 0) is 11.5 Å². The monoisotopic (exact) mass is 289 g/mol. The molecule has 1 N–H and O–H groups in total. The van der Waals surface area contributed by atoms with E-state index in [-0.39, 0.29) is 6.61 Å². The van der Waals surface area contributed by atoms with Gasteiger partial charge in [-0.1, -0.05) is 48.1 Å². The molecule has 0 aromatic heterocycles. The lowest BCUT2D eigenvalue weighted by molar-refractivity contribution is -0.148. The maximum atomic E-state index is 12.6. The fraction of sp³-hybridized carbons (Fsp3) is 0.417. The van der Waals surface area contributed by atoms with Crippen LogP contribution in [0.3, 0.4) is 0 Å². The molecular weight excluding hydrogens is 273 g/mol. The van der Waals surface area contributed by atoms with Gasteiger partial charge in [0.25, 0.3) is 0 Å². The van der Waals surface area contributed by atoms with Crippen molar-refractivity contribution < 1.29 is 21.8 Å². The van der Waals surface area contributed by atoms with Crippen LogP contribution in [-0.4, -0.2) is 20.4 Å². The number of carbonyl (C=O) groups is 1. The van der Waals surface area contributed by atoms with Crippen LogP contribution in [0.5, 0.6) is 0 Å². The number of benzene rings is 1. The summed E-state index contributed by atoms with van der Waals surface area (Å²) in [6.45, 7) is 3.19. The van der Waals surface area contributed by atoms with Crippen molar-refractivity contribution >= 4 is 16.4 Å². The Hall–Kier alpha value is -1.47. The van der Waals surface area contributed by atoms with Gasteiger partial charge in [-0.15, -0.1) is 0 Å². The smallest absolute Gasteiger partial charge is 0.373 e. The number of nitrogens with one attached hydrogen (secondary N) is 1. The van der Waals surface area contributed by atoms with Crippen molar-refractivity contribution in [3.63, 3.8) is 0 Å². The predicted molar refractivity (Wildman–Crippen MR) is 68.0 cm³/mol. The van der Waals surface area contributed by atoms with E-state index < -0.39 is 28.3 Å². The Labute approximate surface area is 112 Å². The molecule has 0 aliphatic carbocycles. The van der Waals surface area contributed by atoms with E-state index in [2.05, 4.69) is 0 Å². The summed E-state index contributed by atoms with van der Waals surface area (Å²) < 4.78 is 40.2. The zero-order valence-electron chi connectivity index (χ0n) is 10.7. The van der Waals surface area contributed by atoms with Gasteiger partial charge in [-0.25, -0.2) is 0 Å².